The third kappa shape index (κ3) is 4.89. The van der Waals surface area contributed by atoms with Crippen molar-refractivity contribution in [3.63, 3.8) is 0 Å². The first-order chi connectivity index (χ1) is 13.6. The number of hydrogen-bond donors (Lipinski definition) is 1. The first-order valence-electron chi connectivity index (χ1n) is 8.45. The third-order valence-corrected chi connectivity index (χ3v) is 6.46. The first kappa shape index (κ1) is 21.6. The van der Waals surface area contributed by atoms with Crippen LogP contribution >= 0.6 is 11.6 Å². The van der Waals surface area contributed by atoms with Gasteiger partial charge >= 0.3 is 6.18 Å². The van der Waals surface area contributed by atoms with Crippen LogP contribution < -0.4 is 5.32 Å². The summed E-state index contributed by atoms with van der Waals surface area (Å²) in [5.74, 6) is -0.826. The van der Waals surface area contributed by atoms with E-state index in [1.54, 1.807) is 0 Å². The van der Waals surface area contributed by atoms with Crippen LogP contribution in [0.5, 0.6) is 0 Å². The number of rotatable bonds is 4. The van der Waals surface area contributed by atoms with Crippen LogP contribution in [0.2, 0.25) is 5.02 Å². The van der Waals surface area contributed by atoms with Crippen LogP contribution in [0.15, 0.2) is 47.4 Å². The zero-order chi connectivity index (χ0) is 21.2. The summed E-state index contributed by atoms with van der Waals surface area (Å²) in [4.78, 5) is 12.4. The van der Waals surface area contributed by atoms with Crippen LogP contribution in [0, 0.1) is 0 Å². The molecular formula is C18H16ClF3N2O4S. The minimum atomic E-state index is -4.56. The van der Waals surface area contributed by atoms with E-state index in [0.717, 1.165) is 24.3 Å². The Morgan fingerprint density at radius 1 is 1.10 bits per heavy atom. The molecule has 156 valence electrons. The molecule has 1 N–H and O–H groups in total. The summed E-state index contributed by atoms with van der Waals surface area (Å²) < 4.78 is 70.4. The number of ether oxygens (including phenoxy) is 1. The molecule has 0 atom stereocenters. The SMILES string of the molecule is O=C(Nc1cccc(C(F)(F)F)c1)c1cc(S(=O)(=O)N2CCOCC2)ccc1Cl. The Labute approximate surface area is 170 Å². The highest BCUT2D eigenvalue weighted by Gasteiger charge is 2.31. The Morgan fingerprint density at radius 3 is 2.45 bits per heavy atom. The number of halogens is 4. The number of carbonyl (C=O) groups is 1. The van der Waals surface area contributed by atoms with Gasteiger partial charge in [0.2, 0.25) is 10.0 Å². The molecule has 6 nitrogen and oxygen atoms in total. The van der Waals surface area contributed by atoms with E-state index in [-0.39, 0.29) is 47.5 Å². The van der Waals surface area contributed by atoms with Crippen LogP contribution in [0.25, 0.3) is 0 Å². The lowest BCUT2D eigenvalue weighted by molar-refractivity contribution is -0.137. The van der Waals surface area contributed by atoms with Crippen molar-refractivity contribution in [2.45, 2.75) is 11.1 Å². The molecule has 2 aromatic carbocycles. The van der Waals surface area contributed by atoms with Gasteiger partial charge in [-0.05, 0) is 36.4 Å². The van der Waals surface area contributed by atoms with Crippen molar-refractivity contribution in [1.29, 1.82) is 0 Å². The highest BCUT2D eigenvalue weighted by atomic mass is 35.5. The molecule has 0 aromatic heterocycles. The van der Waals surface area contributed by atoms with Gasteiger partial charge in [-0.2, -0.15) is 17.5 Å². The fourth-order valence-electron chi connectivity index (χ4n) is 2.75. The van der Waals surface area contributed by atoms with E-state index in [1.807, 2.05) is 0 Å². The molecule has 0 bridgehead atoms. The number of amides is 1. The Bertz CT molecular complexity index is 1020. The lowest BCUT2D eigenvalue weighted by Gasteiger charge is -2.26. The molecule has 1 amide bonds. The van der Waals surface area contributed by atoms with Gasteiger partial charge in [0.15, 0.2) is 0 Å². The van der Waals surface area contributed by atoms with Crippen molar-refractivity contribution in [3.05, 3.63) is 58.6 Å². The minimum absolute atomic E-state index is 0.0320. The number of nitrogens with one attached hydrogen (secondary N) is 1. The lowest BCUT2D eigenvalue weighted by atomic mass is 10.1. The van der Waals surface area contributed by atoms with E-state index < -0.39 is 27.7 Å². The van der Waals surface area contributed by atoms with Gasteiger partial charge in [-0.15, -0.1) is 0 Å². The third-order valence-electron chi connectivity index (χ3n) is 4.24. The summed E-state index contributed by atoms with van der Waals surface area (Å²) >= 11 is 6.03. The van der Waals surface area contributed by atoms with Gasteiger partial charge < -0.3 is 10.1 Å². The van der Waals surface area contributed by atoms with Crippen molar-refractivity contribution in [2.75, 3.05) is 31.6 Å². The Kier molecular flexibility index (Phi) is 6.18. The quantitative estimate of drug-likeness (QED) is 0.775. The van der Waals surface area contributed by atoms with Crippen molar-refractivity contribution >= 4 is 33.2 Å². The number of hydrogen-bond acceptors (Lipinski definition) is 4. The van der Waals surface area contributed by atoms with Crippen molar-refractivity contribution in [1.82, 2.24) is 4.31 Å². The van der Waals surface area contributed by atoms with Gasteiger partial charge in [0.25, 0.3) is 5.91 Å². The molecule has 29 heavy (non-hydrogen) atoms. The highest BCUT2D eigenvalue weighted by molar-refractivity contribution is 7.89. The lowest BCUT2D eigenvalue weighted by Crippen LogP contribution is -2.40. The zero-order valence-electron chi connectivity index (χ0n) is 14.9. The number of nitrogens with zero attached hydrogens (tertiary/aromatic N) is 1. The second-order valence-corrected chi connectivity index (χ2v) is 8.54. The van der Waals surface area contributed by atoms with Crippen LogP contribution in [-0.4, -0.2) is 44.9 Å². The van der Waals surface area contributed by atoms with Gasteiger partial charge in [0.1, 0.15) is 0 Å². The zero-order valence-corrected chi connectivity index (χ0v) is 16.4. The molecule has 1 fully saturated rings. The summed E-state index contributed by atoms with van der Waals surface area (Å²) in [6.45, 7) is 0.874. The summed E-state index contributed by atoms with van der Waals surface area (Å²) in [6, 6.07) is 7.73. The number of anilines is 1. The molecule has 0 aliphatic carbocycles. The largest absolute Gasteiger partial charge is 0.416 e. The Morgan fingerprint density at radius 2 is 1.79 bits per heavy atom. The van der Waals surface area contributed by atoms with E-state index in [2.05, 4.69) is 5.32 Å². The molecule has 2 aromatic rings. The monoisotopic (exact) mass is 448 g/mol. The minimum Gasteiger partial charge on any atom is -0.379 e. The summed E-state index contributed by atoms with van der Waals surface area (Å²) in [7, 11) is -3.87. The van der Waals surface area contributed by atoms with Crippen molar-refractivity contribution in [2.24, 2.45) is 0 Å². The van der Waals surface area contributed by atoms with E-state index in [1.165, 1.54) is 22.5 Å². The number of alkyl halides is 3. The van der Waals surface area contributed by atoms with Crippen LogP contribution in [0.4, 0.5) is 18.9 Å². The molecule has 3 rings (SSSR count). The molecule has 1 aliphatic heterocycles. The van der Waals surface area contributed by atoms with Gasteiger partial charge in [0, 0.05) is 18.8 Å². The smallest absolute Gasteiger partial charge is 0.379 e. The molecular weight excluding hydrogens is 433 g/mol. The topological polar surface area (TPSA) is 75.7 Å². The molecule has 0 spiro atoms. The summed E-state index contributed by atoms with van der Waals surface area (Å²) in [6.07, 6.45) is -4.56. The fraction of sp³-hybridized carbons (Fsp3) is 0.278. The maximum Gasteiger partial charge on any atom is 0.416 e. The summed E-state index contributed by atoms with van der Waals surface area (Å²) in [5.41, 5.74) is -1.19. The second-order valence-electron chi connectivity index (χ2n) is 6.19. The Hall–Kier alpha value is -2.14. The van der Waals surface area contributed by atoms with E-state index >= 15 is 0 Å². The molecule has 1 heterocycles. The van der Waals surface area contributed by atoms with Gasteiger partial charge in [-0.1, -0.05) is 17.7 Å². The van der Waals surface area contributed by atoms with Crippen molar-refractivity contribution < 1.29 is 31.1 Å². The average Bonchev–Trinajstić information content (AvgIpc) is 2.68. The maximum absolute atomic E-state index is 12.8. The first-order valence-corrected chi connectivity index (χ1v) is 10.3. The molecule has 0 unspecified atom stereocenters. The summed E-state index contributed by atoms with van der Waals surface area (Å²) in [5, 5.41) is 2.29. The number of morpholine rings is 1. The van der Waals surface area contributed by atoms with E-state index in [4.69, 9.17) is 16.3 Å². The predicted molar refractivity (Wildman–Crippen MR) is 100 cm³/mol. The highest BCUT2D eigenvalue weighted by Crippen LogP contribution is 2.31. The average molecular weight is 449 g/mol. The Balaban J connectivity index is 1.87. The molecule has 0 radical (unpaired) electrons. The molecule has 0 saturated carbocycles. The van der Waals surface area contributed by atoms with Crippen LogP contribution in [0.3, 0.4) is 0 Å². The number of benzene rings is 2. The fourth-order valence-corrected chi connectivity index (χ4v) is 4.38. The van der Waals surface area contributed by atoms with Crippen LogP contribution in [-0.2, 0) is 20.9 Å². The van der Waals surface area contributed by atoms with Gasteiger partial charge in [-0.3, -0.25) is 4.79 Å². The van der Waals surface area contributed by atoms with Gasteiger partial charge in [-0.25, -0.2) is 8.42 Å². The predicted octanol–water partition coefficient (Wildman–Crippen LogP) is 3.63. The standard InChI is InChI=1S/C18H16ClF3N2O4S/c19-16-5-4-14(29(26,27)24-6-8-28-9-7-24)11-15(16)17(25)23-13-3-1-2-12(10-13)18(20,21)22/h1-5,10-11H,6-9H2,(H,23,25). The molecule has 1 aliphatic rings. The maximum atomic E-state index is 12.8. The molecule has 11 heteroatoms. The number of carbonyl (C=O) groups excluding carboxylic acids is 1. The van der Waals surface area contributed by atoms with Crippen LogP contribution in [0.1, 0.15) is 15.9 Å². The van der Waals surface area contributed by atoms with E-state index in [9.17, 15) is 26.4 Å². The second kappa shape index (κ2) is 8.31. The molecule has 1 saturated heterocycles. The van der Waals surface area contributed by atoms with E-state index in [0.29, 0.717) is 0 Å². The van der Waals surface area contributed by atoms with Gasteiger partial charge in [0.05, 0.1) is 34.3 Å². The normalized spacial score (nSPS) is 15.9. The van der Waals surface area contributed by atoms with Crippen molar-refractivity contribution in [3.8, 4) is 0 Å². The number of sulfonamides is 1.